The third-order valence-electron chi connectivity index (χ3n) is 14.6. The van der Waals surface area contributed by atoms with Gasteiger partial charge in [-0.05, 0) is 100 Å². The molecule has 2 aliphatic rings. The molecule has 4 aromatic carbocycles. The Labute approximate surface area is 473 Å². The van der Waals surface area contributed by atoms with Crippen LogP contribution >= 0.6 is 15.9 Å². The van der Waals surface area contributed by atoms with Gasteiger partial charge in [0.15, 0.2) is 0 Å². The number of hydrogen-bond acceptors (Lipinski definition) is 16. The average Bonchev–Trinajstić information content (AvgIpc) is 4.23. The number of nitrogens with one attached hydrogen (secondary N) is 4. The Morgan fingerprint density at radius 1 is 0.613 bits per heavy atom. The van der Waals surface area contributed by atoms with Gasteiger partial charge in [0.2, 0.25) is 11.9 Å². The summed E-state index contributed by atoms with van der Waals surface area (Å²) in [6.07, 6.45) is 8.31. The Morgan fingerprint density at radius 2 is 1.10 bits per heavy atom. The summed E-state index contributed by atoms with van der Waals surface area (Å²) in [6, 6.07) is 33.4. The zero-order chi connectivity index (χ0) is 56.0. The summed E-state index contributed by atoms with van der Waals surface area (Å²) in [5, 5.41) is 55.3. The number of aromatic amines is 2. The number of piperidine rings is 2. The molecule has 4 atom stereocenters. The number of H-pyrrole nitrogens is 2. The zero-order valence-corrected chi connectivity index (χ0v) is 47.2. The van der Waals surface area contributed by atoms with E-state index in [0.29, 0.717) is 54.7 Å². The number of rotatable bonds is 12. The quantitative estimate of drug-likeness (QED) is 0.0532. The first-order chi connectivity index (χ1) is 38.6. The lowest BCUT2D eigenvalue weighted by Crippen LogP contribution is -2.48. The lowest BCUT2D eigenvalue weighted by molar-refractivity contribution is 0.0599. The average molecular weight is 1140 g/mol. The SMILES string of the molecule is Cc1cnc(N[C@H]2C[C@@H](O)CN(Cc3ccccc3)C2)nc1-c1c[nH]c2cc(-c3c(C)noc3C)ccc12.Cc1cnc(N[C@H]2C[C@@H](O)CN(Cc3ccccc3)C2)nc1-c1c[nH]c2cc(Br)ccc12.Cc1noc(C)c1B(O)O. The maximum atomic E-state index is 10.6. The predicted octanol–water partition coefficient (Wildman–Crippen LogP) is 8.97. The predicted molar refractivity (Wildman–Crippen MR) is 316 cm³/mol. The van der Waals surface area contributed by atoms with E-state index in [1.807, 2.05) is 70.7 Å². The Bertz CT molecular complexity index is 3660. The number of nitrogens with zero attached hydrogens (tertiary/aromatic N) is 8. The third-order valence-corrected chi connectivity index (χ3v) is 15.1. The highest BCUT2D eigenvalue weighted by atomic mass is 79.9. The number of aryl methyl sites for hydroxylation is 6. The number of β-amino-alcohol motifs (C(OH)–C–C–N with tert-alkyl or cyclic N) is 2. The molecule has 2 aliphatic heterocycles. The molecule has 20 heteroatoms. The molecule has 0 unspecified atom stereocenters. The molecule has 8 N–H and O–H groups in total. The van der Waals surface area contributed by atoms with Gasteiger partial charge in [-0.1, -0.05) is 105 Å². The van der Waals surface area contributed by atoms with Crippen molar-refractivity contribution >= 4 is 62.2 Å². The maximum Gasteiger partial charge on any atom is 0.494 e. The summed E-state index contributed by atoms with van der Waals surface area (Å²) < 4.78 is 11.1. The molecular formula is C60H66BBrN12O6. The Kier molecular flexibility index (Phi) is 17.3. The van der Waals surface area contributed by atoms with Crippen LogP contribution in [0, 0.1) is 41.5 Å². The van der Waals surface area contributed by atoms with Crippen molar-refractivity contribution in [3.05, 3.63) is 171 Å². The van der Waals surface area contributed by atoms with Gasteiger partial charge in [0, 0.05) is 125 Å². The van der Waals surface area contributed by atoms with Gasteiger partial charge in [-0.25, -0.2) is 19.9 Å². The third kappa shape index (κ3) is 13.2. The summed E-state index contributed by atoms with van der Waals surface area (Å²) in [5.41, 5.74) is 14.4. The first-order valence-electron chi connectivity index (χ1n) is 26.8. The zero-order valence-electron chi connectivity index (χ0n) is 45.7. The van der Waals surface area contributed by atoms with Crippen LogP contribution in [0.1, 0.15) is 58.0 Å². The molecule has 0 radical (unpaired) electrons. The van der Waals surface area contributed by atoms with Crippen LogP contribution in [0.15, 0.2) is 135 Å². The summed E-state index contributed by atoms with van der Waals surface area (Å²) in [4.78, 5) is 30.2. The van der Waals surface area contributed by atoms with E-state index in [1.165, 1.54) is 11.1 Å². The number of anilines is 2. The smallest absolute Gasteiger partial charge is 0.423 e. The fourth-order valence-corrected chi connectivity index (χ4v) is 11.3. The molecule has 0 saturated carbocycles. The van der Waals surface area contributed by atoms with Crippen LogP contribution in [0.5, 0.6) is 0 Å². The first kappa shape index (κ1) is 55.7. The number of aromatic nitrogens is 8. The van der Waals surface area contributed by atoms with Crippen LogP contribution in [0.25, 0.3) is 55.4 Å². The topological polar surface area (TPSA) is 247 Å². The van der Waals surface area contributed by atoms with Crippen LogP contribution in [-0.4, -0.2) is 128 Å². The largest absolute Gasteiger partial charge is 0.494 e. The Hall–Kier alpha value is -7.56. The number of halogens is 1. The summed E-state index contributed by atoms with van der Waals surface area (Å²) in [6.45, 7) is 15.9. The molecule has 2 fully saturated rings. The standard InChI is InChI=1S/C30H32N6O2.C25H26BrN5O.C5H8BNO3/c1-18-13-32-30(33-23-12-24(37)17-36(16-23)15-21-7-5-4-6-8-21)34-29(18)26-14-31-27-11-22(9-10-25(26)27)28-19(2)35-38-20(28)3;1-16-11-28-25(30-24(16)22-12-27-23-9-18(26)7-8-21(22)23)29-19-10-20(32)15-31(14-19)13-17-5-3-2-4-6-17;1-3-5(6(8)9)4(2)10-7-3/h4-11,13-14,23-24,31,37H,12,15-17H2,1-3H3,(H,32,33,34);2-9,11-12,19-20,27,32H,10,13-15H2,1H3,(H,28,29,30);8-9H,1-2H3/t23-,24+;19-,20+;/m00./s1. The molecule has 2 saturated heterocycles. The van der Waals surface area contributed by atoms with Gasteiger partial charge in [-0.2, -0.15) is 0 Å². The minimum atomic E-state index is -1.48. The second-order valence-corrected chi connectivity index (χ2v) is 21.9. The molecule has 0 spiro atoms. The van der Waals surface area contributed by atoms with Gasteiger partial charge in [-0.15, -0.1) is 0 Å². The number of benzene rings is 4. The monoisotopic (exact) mass is 1140 g/mol. The van der Waals surface area contributed by atoms with Crippen LogP contribution in [0.2, 0.25) is 0 Å². The lowest BCUT2D eigenvalue weighted by Gasteiger charge is -2.36. The minimum Gasteiger partial charge on any atom is -0.423 e. The number of likely N-dealkylation sites (tertiary alicyclic amines) is 2. The molecule has 10 aromatic rings. The van der Waals surface area contributed by atoms with Gasteiger partial charge in [-0.3, -0.25) is 9.80 Å². The maximum absolute atomic E-state index is 10.6. The van der Waals surface area contributed by atoms with Crippen LogP contribution in [-0.2, 0) is 13.1 Å². The summed E-state index contributed by atoms with van der Waals surface area (Å²) in [5.74, 6) is 2.43. The van der Waals surface area contributed by atoms with E-state index in [9.17, 15) is 10.2 Å². The van der Waals surface area contributed by atoms with Gasteiger partial charge >= 0.3 is 7.12 Å². The number of fused-ring (bicyclic) bond motifs is 2. The number of aliphatic hydroxyl groups excluding tert-OH is 2. The highest BCUT2D eigenvalue weighted by Gasteiger charge is 2.29. The molecule has 0 aliphatic carbocycles. The molecule has 12 rings (SSSR count). The van der Waals surface area contributed by atoms with Crippen molar-refractivity contribution in [2.75, 3.05) is 36.8 Å². The van der Waals surface area contributed by atoms with Crippen molar-refractivity contribution in [1.29, 1.82) is 0 Å². The molecule has 412 valence electrons. The van der Waals surface area contributed by atoms with Gasteiger partial charge in [0.05, 0.1) is 35.0 Å². The van der Waals surface area contributed by atoms with Crippen molar-refractivity contribution in [3.63, 3.8) is 0 Å². The van der Waals surface area contributed by atoms with Crippen LogP contribution in [0.3, 0.4) is 0 Å². The first-order valence-corrected chi connectivity index (χ1v) is 27.6. The molecule has 0 amide bonds. The van der Waals surface area contributed by atoms with E-state index in [1.54, 1.807) is 13.8 Å². The molecule has 6 aromatic heterocycles. The van der Waals surface area contributed by atoms with Crippen molar-refractivity contribution in [2.24, 2.45) is 0 Å². The Balaban J connectivity index is 0.000000155. The highest BCUT2D eigenvalue weighted by molar-refractivity contribution is 9.10. The van der Waals surface area contributed by atoms with E-state index in [2.05, 4.69) is 150 Å². The van der Waals surface area contributed by atoms with Crippen molar-refractivity contribution in [2.45, 2.75) is 91.8 Å². The van der Waals surface area contributed by atoms with Crippen LogP contribution < -0.4 is 16.1 Å². The van der Waals surface area contributed by atoms with E-state index < -0.39 is 13.2 Å². The highest BCUT2D eigenvalue weighted by Crippen LogP contribution is 2.36. The van der Waals surface area contributed by atoms with Crippen molar-refractivity contribution < 1.29 is 29.3 Å². The van der Waals surface area contributed by atoms with E-state index in [4.69, 9.17) is 24.5 Å². The summed E-state index contributed by atoms with van der Waals surface area (Å²) >= 11 is 3.53. The number of hydrogen-bond donors (Lipinski definition) is 8. The minimum absolute atomic E-state index is 0.0543. The van der Waals surface area contributed by atoms with E-state index >= 15 is 0 Å². The molecule has 80 heavy (non-hydrogen) atoms. The second-order valence-electron chi connectivity index (χ2n) is 20.9. The fraction of sp³-hybridized carbons (Fsp3) is 0.300. The van der Waals surface area contributed by atoms with Gasteiger partial charge < -0.3 is 49.9 Å². The van der Waals surface area contributed by atoms with Gasteiger partial charge in [0.25, 0.3) is 0 Å². The number of aliphatic hydroxyl groups is 2. The Morgan fingerprint density at radius 3 is 1.56 bits per heavy atom. The second kappa shape index (κ2) is 24.9. The van der Waals surface area contributed by atoms with Crippen LogP contribution in [0.4, 0.5) is 11.9 Å². The normalized spacial score (nSPS) is 17.6. The molecule has 0 bridgehead atoms. The molecule has 8 heterocycles. The summed E-state index contributed by atoms with van der Waals surface area (Å²) in [7, 11) is -1.48. The fourth-order valence-electron chi connectivity index (χ4n) is 10.9. The van der Waals surface area contributed by atoms with Crippen molar-refractivity contribution in [1.82, 2.24) is 50.0 Å². The molecular weight excluding hydrogens is 1080 g/mol. The molecule has 18 nitrogen and oxygen atoms in total. The lowest BCUT2D eigenvalue weighted by atomic mass is 9.79. The van der Waals surface area contributed by atoms with Crippen molar-refractivity contribution in [3.8, 4) is 33.6 Å². The van der Waals surface area contributed by atoms with E-state index in [0.717, 1.165) is 109 Å². The van der Waals surface area contributed by atoms with E-state index in [-0.39, 0.29) is 18.2 Å². The van der Waals surface area contributed by atoms with Gasteiger partial charge in [0.1, 0.15) is 11.5 Å².